The van der Waals surface area contributed by atoms with Gasteiger partial charge in [0.25, 0.3) is 0 Å². The Morgan fingerprint density at radius 2 is 2.16 bits per heavy atom. The van der Waals surface area contributed by atoms with Gasteiger partial charge in [-0.2, -0.15) is 5.26 Å². The number of nitrogens with one attached hydrogen (secondary N) is 1. The van der Waals surface area contributed by atoms with Crippen LogP contribution < -0.4 is 4.72 Å². The van der Waals surface area contributed by atoms with Crippen LogP contribution in [0.5, 0.6) is 0 Å². The first-order valence-corrected chi connectivity index (χ1v) is 7.67. The van der Waals surface area contributed by atoms with E-state index >= 15 is 0 Å². The lowest BCUT2D eigenvalue weighted by Crippen LogP contribution is -2.37. The van der Waals surface area contributed by atoms with Gasteiger partial charge < -0.3 is 0 Å². The second kappa shape index (κ2) is 5.45. The molecule has 0 aromatic heterocycles. The average molecular weight is 303 g/mol. The molecule has 2 atom stereocenters. The van der Waals surface area contributed by atoms with Crippen molar-refractivity contribution in [1.82, 2.24) is 4.72 Å². The molecule has 1 N–H and O–H groups in total. The smallest absolute Gasteiger partial charge is 0.207 e. The summed E-state index contributed by atoms with van der Waals surface area (Å²) in [6.45, 7) is 0. The quantitative estimate of drug-likeness (QED) is 0.932. The molecule has 0 aliphatic heterocycles. The van der Waals surface area contributed by atoms with Crippen molar-refractivity contribution in [2.24, 2.45) is 5.92 Å². The van der Waals surface area contributed by atoms with Crippen molar-refractivity contribution >= 4 is 21.6 Å². The van der Waals surface area contributed by atoms with Gasteiger partial charge in [0.05, 0.1) is 17.0 Å². The molecular formula is C12H12ClFN2O2S. The van der Waals surface area contributed by atoms with E-state index in [1.807, 2.05) is 0 Å². The fraction of sp³-hybridized carbons (Fsp3) is 0.417. The molecule has 1 aromatic carbocycles. The maximum Gasteiger partial charge on any atom is 0.242 e. The highest BCUT2D eigenvalue weighted by Crippen LogP contribution is 2.28. The summed E-state index contributed by atoms with van der Waals surface area (Å²) >= 11 is 5.79. The lowest BCUT2D eigenvalue weighted by molar-refractivity contribution is 0.514. The van der Waals surface area contributed by atoms with Gasteiger partial charge in [0.2, 0.25) is 10.0 Å². The molecule has 2 unspecified atom stereocenters. The molecule has 0 amide bonds. The van der Waals surface area contributed by atoms with Crippen molar-refractivity contribution in [3.8, 4) is 6.07 Å². The largest absolute Gasteiger partial charge is 0.242 e. The molecule has 1 saturated carbocycles. The van der Waals surface area contributed by atoms with E-state index in [9.17, 15) is 12.8 Å². The number of halogens is 2. The van der Waals surface area contributed by atoms with E-state index in [4.69, 9.17) is 16.9 Å². The summed E-state index contributed by atoms with van der Waals surface area (Å²) in [5, 5.41) is 8.89. The summed E-state index contributed by atoms with van der Waals surface area (Å²) < 4.78 is 39.9. The number of rotatable bonds is 3. The molecule has 0 saturated heterocycles. The zero-order valence-electron chi connectivity index (χ0n) is 9.94. The van der Waals surface area contributed by atoms with Gasteiger partial charge in [-0.3, -0.25) is 0 Å². The van der Waals surface area contributed by atoms with Gasteiger partial charge in [-0.25, -0.2) is 17.5 Å². The first-order valence-electron chi connectivity index (χ1n) is 5.81. The maximum atomic E-state index is 13.1. The first-order chi connectivity index (χ1) is 8.94. The zero-order valence-corrected chi connectivity index (χ0v) is 11.5. The average Bonchev–Trinajstić information content (AvgIpc) is 2.78. The van der Waals surface area contributed by atoms with Crippen molar-refractivity contribution in [2.75, 3.05) is 0 Å². The number of nitriles is 1. The monoisotopic (exact) mass is 302 g/mol. The van der Waals surface area contributed by atoms with Crippen molar-refractivity contribution < 1.29 is 12.8 Å². The van der Waals surface area contributed by atoms with Crippen LogP contribution in [0.2, 0.25) is 5.02 Å². The van der Waals surface area contributed by atoms with Gasteiger partial charge in [0.1, 0.15) is 10.7 Å². The SMILES string of the molecule is N#CC1CCCC1NS(=O)(=O)c1cc(F)ccc1Cl. The van der Waals surface area contributed by atoms with Crippen LogP contribution in [0.1, 0.15) is 19.3 Å². The first kappa shape index (κ1) is 14.3. The number of hydrogen-bond acceptors (Lipinski definition) is 3. The lowest BCUT2D eigenvalue weighted by Gasteiger charge is -2.16. The third-order valence-electron chi connectivity index (χ3n) is 3.17. The number of benzene rings is 1. The van der Waals surface area contributed by atoms with E-state index < -0.39 is 21.9 Å². The molecule has 2 rings (SSSR count). The molecule has 0 bridgehead atoms. The Kier molecular flexibility index (Phi) is 4.09. The van der Waals surface area contributed by atoms with E-state index in [2.05, 4.69) is 10.8 Å². The minimum Gasteiger partial charge on any atom is -0.207 e. The molecule has 19 heavy (non-hydrogen) atoms. The van der Waals surface area contributed by atoms with Crippen LogP contribution in [0.15, 0.2) is 23.1 Å². The Labute approximate surface area is 116 Å². The molecule has 1 fully saturated rings. The highest BCUT2D eigenvalue weighted by Gasteiger charge is 2.32. The van der Waals surface area contributed by atoms with Crippen LogP contribution in [-0.4, -0.2) is 14.5 Å². The number of nitrogens with zero attached hydrogens (tertiary/aromatic N) is 1. The van der Waals surface area contributed by atoms with Crippen molar-refractivity contribution in [1.29, 1.82) is 5.26 Å². The fourth-order valence-corrected chi connectivity index (χ4v) is 4.02. The van der Waals surface area contributed by atoms with E-state index in [1.54, 1.807) is 0 Å². The Balaban J connectivity index is 2.28. The topological polar surface area (TPSA) is 70.0 Å². The summed E-state index contributed by atoms with van der Waals surface area (Å²) in [6.07, 6.45) is 2.06. The van der Waals surface area contributed by atoms with Gasteiger partial charge in [-0.1, -0.05) is 18.0 Å². The predicted molar refractivity (Wildman–Crippen MR) is 68.5 cm³/mol. The van der Waals surface area contributed by atoms with Gasteiger partial charge in [0, 0.05) is 6.04 Å². The summed E-state index contributed by atoms with van der Waals surface area (Å²) in [5.41, 5.74) is 0. The number of sulfonamides is 1. The normalized spacial score (nSPS) is 23.2. The summed E-state index contributed by atoms with van der Waals surface area (Å²) in [6, 6.07) is 4.81. The van der Waals surface area contributed by atoms with Crippen molar-refractivity contribution in [3.63, 3.8) is 0 Å². The van der Waals surface area contributed by atoms with E-state index in [-0.39, 0.29) is 15.8 Å². The van der Waals surface area contributed by atoms with Gasteiger partial charge >= 0.3 is 0 Å². The van der Waals surface area contributed by atoms with E-state index in [1.165, 1.54) is 6.07 Å². The lowest BCUT2D eigenvalue weighted by atomic mass is 10.1. The van der Waals surface area contributed by atoms with Crippen LogP contribution >= 0.6 is 11.6 Å². The third-order valence-corrected chi connectivity index (χ3v) is 5.14. The van der Waals surface area contributed by atoms with Crippen molar-refractivity contribution in [3.05, 3.63) is 29.0 Å². The predicted octanol–water partition coefficient (Wildman–Crippen LogP) is 2.45. The van der Waals surface area contributed by atoms with E-state index in [0.29, 0.717) is 12.8 Å². The summed E-state index contributed by atoms with van der Waals surface area (Å²) in [4.78, 5) is -0.294. The van der Waals surface area contributed by atoms with Crippen LogP contribution in [0, 0.1) is 23.1 Å². The Bertz CT molecular complexity index is 627. The second-order valence-corrected chi connectivity index (χ2v) is 6.56. The maximum absolute atomic E-state index is 13.1. The molecular weight excluding hydrogens is 291 g/mol. The molecule has 0 radical (unpaired) electrons. The molecule has 1 aliphatic rings. The number of hydrogen-bond donors (Lipinski definition) is 1. The van der Waals surface area contributed by atoms with Crippen LogP contribution in [-0.2, 0) is 10.0 Å². The Morgan fingerprint density at radius 1 is 1.42 bits per heavy atom. The standard InChI is InChI=1S/C12H12ClFN2O2S/c13-10-5-4-9(14)6-12(10)19(17,18)16-11-3-1-2-8(11)7-15/h4-6,8,11,16H,1-3H2. The molecule has 1 aliphatic carbocycles. The zero-order chi connectivity index (χ0) is 14.0. The fourth-order valence-electron chi connectivity index (χ4n) is 2.20. The minimum atomic E-state index is -3.91. The van der Waals surface area contributed by atoms with Crippen LogP contribution in [0.4, 0.5) is 4.39 Å². The van der Waals surface area contributed by atoms with Crippen LogP contribution in [0.25, 0.3) is 0 Å². The molecule has 0 spiro atoms. The highest BCUT2D eigenvalue weighted by atomic mass is 35.5. The molecule has 7 heteroatoms. The summed E-state index contributed by atoms with van der Waals surface area (Å²) in [7, 11) is -3.91. The second-order valence-electron chi connectivity index (χ2n) is 4.47. The molecule has 0 heterocycles. The minimum absolute atomic E-state index is 0.0413. The van der Waals surface area contributed by atoms with E-state index in [0.717, 1.165) is 18.6 Å². The van der Waals surface area contributed by atoms with Gasteiger partial charge in [0.15, 0.2) is 0 Å². The Morgan fingerprint density at radius 3 is 2.84 bits per heavy atom. The summed E-state index contributed by atoms with van der Waals surface area (Å²) in [5.74, 6) is -1.02. The van der Waals surface area contributed by atoms with Gasteiger partial charge in [-0.15, -0.1) is 0 Å². The highest BCUT2D eigenvalue weighted by molar-refractivity contribution is 7.89. The van der Waals surface area contributed by atoms with Crippen LogP contribution in [0.3, 0.4) is 0 Å². The molecule has 1 aromatic rings. The molecule has 102 valence electrons. The van der Waals surface area contributed by atoms with Crippen molar-refractivity contribution in [2.45, 2.75) is 30.2 Å². The Hall–Kier alpha value is -1.16. The van der Waals surface area contributed by atoms with Gasteiger partial charge in [-0.05, 0) is 31.0 Å². The molecule has 4 nitrogen and oxygen atoms in total. The third kappa shape index (κ3) is 3.06.